The maximum atomic E-state index is 12.7. The normalized spacial score (nSPS) is 10.4. The molecular formula is C23H25N3O. The Hall–Kier alpha value is -3.27. The number of carbonyl (C=O) groups is 1. The van der Waals surface area contributed by atoms with Crippen molar-refractivity contribution in [3.8, 4) is 0 Å². The van der Waals surface area contributed by atoms with E-state index in [-0.39, 0.29) is 6.03 Å². The van der Waals surface area contributed by atoms with Crippen molar-refractivity contribution in [3.63, 3.8) is 0 Å². The van der Waals surface area contributed by atoms with Crippen molar-refractivity contribution in [2.45, 2.75) is 20.0 Å². The van der Waals surface area contributed by atoms with E-state index < -0.39 is 0 Å². The van der Waals surface area contributed by atoms with Gasteiger partial charge in [-0.15, -0.1) is 6.58 Å². The smallest absolute Gasteiger partial charge is 0.322 e. The molecule has 0 radical (unpaired) electrons. The second-order valence-electron chi connectivity index (χ2n) is 6.58. The quantitative estimate of drug-likeness (QED) is 0.588. The molecule has 0 spiro atoms. The van der Waals surface area contributed by atoms with Gasteiger partial charge >= 0.3 is 6.03 Å². The van der Waals surface area contributed by atoms with E-state index in [0.29, 0.717) is 13.1 Å². The van der Waals surface area contributed by atoms with E-state index in [1.54, 1.807) is 11.0 Å². The van der Waals surface area contributed by atoms with Crippen LogP contribution in [0.2, 0.25) is 0 Å². The van der Waals surface area contributed by atoms with E-state index in [0.717, 1.165) is 17.9 Å². The minimum Gasteiger partial charge on any atom is -0.345 e. The second-order valence-corrected chi connectivity index (χ2v) is 6.58. The van der Waals surface area contributed by atoms with Gasteiger partial charge in [-0.05, 0) is 36.8 Å². The number of aromatic nitrogens is 1. The van der Waals surface area contributed by atoms with E-state index in [1.165, 1.54) is 11.1 Å². The summed E-state index contributed by atoms with van der Waals surface area (Å²) >= 11 is 0. The van der Waals surface area contributed by atoms with Crippen molar-refractivity contribution < 1.29 is 4.79 Å². The van der Waals surface area contributed by atoms with Crippen molar-refractivity contribution in [1.82, 2.24) is 9.47 Å². The van der Waals surface area contributed by atoms with Gasteiger partial charge in [0.05, 0.1) is 6.54 Å². The zero-order chi connectivity index (χ0) is 19.1. The Balaban J connectivity index is 1.72. The molecule has 0 saturated heterocycles. The van der Waals surface area contributed by atoms with Crippen LogP contribution in [-0.2, 0) is 13.1 Å². The van der Waals surface area contributed by atoms with E-state index in [9.17, 15) is 4.79 Å². The highest BCUT2D eigenvalue weighted by atomic mass is 16.2. The van der Waals surface area contributed by atoms with E-state index in [4.69, 9.17) is 0 Å². The van der Waals surface area contributed by atoms with Crippen LogP contribution in [-0.4, -0.2) is 22.0 Å². The standard InChI is InChI=1S/C23H25N3O/c1-3-14-26(23(27)24-21-11-5-4-6-12-21)18-22-13-8-15-25(22)17-20-10-7-9-19(2)16-20/h3-13,15-16H,1,14,17-18H2,2H3,(H,24,27). The molecule has 0 aliphatic heterocycles. The van der Waals surface area contributed by atoms with Gasteiger partial charge in [0.25, 0.3) is 0 Å². The highest BCUT2D eigenvalue weighted by Gasteiger charge is 2.15. The number of carbonyl (C=O) groups excluding carboxylic acids is 1. The van der Waals surface area contributed by atoms with Crippen LogP contribution in [0, 0.1) is 6.92 Å². The minimum atomic E-state index is -0.135. The number of benzene rings is 2. The zero-order valence-corrected chi connectivity index (χ0v) is 15.6. The van der Waals surface area contributed by atoms with E-state index in [1.807, 2.05) is 36.4 Å². The Kier molecular flexibility index (Phi) is 6.10. The monoisotopic (exact) mass is 359 g/mol. The number of para-hydroxylation sites is 1. The predicted octanol–water partition coefficient (Wildman–Crippen LogP) is 5.06. The number of urea groups is 1. The van der Waals surface area contributed by atoms with E-state index >= 15 is 0 Å². The molecule has 3 rings (SSSR count). The van der Waals surface area contributed by atoms with Crippen LogP contribution in [0.1, 0.15) is 16.8 Å². The zero-order valence-electron chi connectivity index (χ0n) is 15.6. The Morgan fingerprint density at radius 1 is 1.11 bits per heavy atom. The number of nitrogens with one attached hydrogen (secondary N) is 1. The molecule has 1 aromatic heterocycles. The molecule has 1 heterocycles. The van der Waals surface area contributed by atoms with Crippen LogP contribution in [0.25, 0.3) is 0 Å². The number of hydrogen-bond acceptors (Lipinski definition) is 1. The topological polar surface area (TPSA) is 37.3 Å². The summed E-state index contributed by atoms with van der Waals surface area (Å²) < 4.78 is 2.18. The van der Waals surface area contributed by atoms with Crippen molar-refractivity contribution in [2.24, 2.45) is 0 Å². The molecule has 3 aromatic rings. The summed E-state index contributed by atoms with van der Waals surface area (Å²) in [4.78, 5) is 14.5. The predicted molar refractivity (Wildman–Crippen MR) is 111 cm³/mol. The first-order chi connectivity index (χ1) is 13.2. The third-order valence-corrected chi connectivity index (χ3v) is 4.37. The average molecular weight is 359 g/mol. The molecule has 2 aromatic carbocycles. The van der Waals surface area contributed by atoms with Crippen molar-refractivity contribution in [2.75, 3.05) is 11.9 Å². The molecule has 0 bridgehead atoms. The van der Waals surface area contributed by atoms with Gasteiger partial charge in [-0.2, -0.15) is 0 Å². The van der Waals surface area contributed by atoms with Crippen LogP contribution < -0.4 is 5.32 Å². The lowest BCUT2D eigenvalue weighted by molar-refractivity contribution is 0.214. The first-order valence-electron chi connectivity index (χ1n) is 9.07. The number of rotatable bonds is 7. The van der Waals surface area contributed by atoms with Gasteiger partial charge in [-0.1, -0.05) is 54.1 Å². The van der Waals surface area contributed by atoms with Gasteiger partial charge in [-0.25, -0.2) is 4.79 Å². The Labute approximate surface area is 160 Å². The second kappa shape index (κ2) is 8.90. The molecule has 0 unspecified atom stereocenters. The lowest BCUT2D eigenvalue weighted by atomic mass is 10.1. The van der Waals surface area contributed by atoms with Crippen LogP contribution in [0.3, 0.4) is 0 Å². The molecule has 27 heavy (non-hydrogen) atoms. The van der Waals surface area contributed by atoms with Gasteiger partial charge in [0.2, 0.25) is 0 Å². The summed E-state index contributed by atoms with van der Waals surface area (Å²) in [6.07, 6.45) is 3.80. The van der Waals surface area contributed by atoms with Crippen LogP contribution in [0.4, 0.5) is 10.5 Å². The lowest BCUT2D eigenvalue weighted by Gasteiger charge is -2.23. The summed E-state index contributed by atoms with van der Waals surface area (Å²) in [6.45, 7) is 7.67. The first kappa shape index (κ1) is 18.5. The molecule has 0 atom stereocenters. The molecule has 0 saturated carbocycles. The summed E-state index contributed by atoms with van der Waals surface area (Å²) in [6, 6.07) is 21.9. The minimum absolute atomic E-state index is 0.135. The highest BCUT2D eigenvalue weighted by Crippen LogP contribution is 2.13. The third-order valence-electron chi connectivity index (χ3n) is 4.37. The summed E-state index contributed by atoms with van der Waals surface area (Å²) in [5.41, 5.74) is 4.36. The molecule has 138 valence electrons. The molecular weight excluding hydrogens is 334 g/mol. The molecule has 4 heteroatoms. The molecule has 0 aliphatic carbocycles. The highest BCUT2D eigenvalue weighted by molar-refractivity contribution is 5.89. The van der Waals surface area contributed by atoms with Gasteiger partial charge < -0.3 is 14.8 Å². The fourth-order valence-electron chi connectivity index (χ4n) is 3.05. The van der Waals surface area contributed by atoms with Crippen molar-refractivity contribution in [3.05, 3.63) is 102 Å². The molecule has 4 nitrogen and oxygen atoms in total. The van der Waals surface area contributed by atoms with Crippen LogP contribution in [0.15, 0.2) is 85.6 Å². The first-order valence-corrected chi connectivity index (χ1v) is 9.07. The number of hydrogen-bond donors (Lipinski definition) is 1. The lowest BCUT2D eigenvalue weighted by Crippen LogP contribution is -2.35. The molecule has 1 N–H and O–H groups in total. The van der Waals surface area contributed by atoms with Crippen molar-refractivity contribution >= 4 is 11.7 Å². The maximum Gasteiger partial charge on any atom is 0.322 e. The van der Waals surface area contributed by atoms with Gasteiger partial charge in [-0.3, -0.25) is 0 Å². The molecule has 0 fully saturated rings. The Bertz CT molecular complexity index is 899. The average Bonchev–Trinajstić information content (AvgIpc) is 3.09. The van der Waals surface area contributed by atoms with Crippen molar-refractivity contribution in [1.29, 1.82) is 0 Å². The SMILES string of the molecule is C=CCN(Cc1cccn1Cc1cccc(C)c1)C(=O)Nc1ccccc1. The number of amides is 2. The fourth-order valence-corrected chi connectivity index (χ4v) is 3.05. The van der Waals surface area contributed by atoms with E-state index in [2.05, 4.69) is 59.9 Å². The summed E-state index contributed by atoms with van der Waals surface area (Å²) in [5.74, 6) is 0. The largest absolute Gasteiger partial charge is 0.345 e. The number of aryl methyl sites for hydroxylation is 1. The fraction of sp³-hybridized carbons (Fsp3) is 0.174. The van der Waals surface area contributed by atoms with Gasteiger partial charge in [0.15, 0.2) is 0 Å². The molecule has 2 amide bonds. The van der Waals surface area contributed by atoms with Gasteiger partial charge in [0, 0.05) is 30.7 Å². The number of nitrogens with zero attached hydrogens (tertiary/aromatic N) is 2. The number of anilines is 1. The maximum absolute atomic E-state index is 12.7. The van der Waals surface area contributed by atoms with Crippen LogP contribution in [0.5, 0.6) is 0 Å². The summed E-state index contributed by atoms with van der Waals surface area (Å²) in [7, 11) is 0. The summed E-state index contributed by atoms with van der Waals surface area (Å²) in [5, 5.41) is 2.95. The van der Waals surface area contributed by atoms with Gasteiger partial charge in [0.1, 0.15) is 0 Å². The Morgan fingerprint density at radius 2 is 1.93 bits per heavy atom. The third kappa shape index (κ3) is 5.11. The van der Waals surface area contributed by atoms with Crippen LogP contribution >= 0.6 is 0 Å². The Morgan fingerprint density at radius 3 is 2.67 bits per heavy atom. The molecule has 0 aliphatic rings.